The quantitative estimate of drug-likeness (QED) is 0.799. The van der Waals surface area contributed by atoms with Crippen LogP contribution in [0.25, 0.3) is 0 Å². The van der Waals surface area contributed by atoms with Crippen molar-refractivity contribution in [3.05, 3.63) is 0 Å². The molecule has 4 nitrogen and oxygen atoms in total. The van der Waals surface area contributed by atoms with Crippen LogP contribution in [0.5, 0.6) is 0 Å². The average molecular weight is 272 g/mol. The minimum Gasteiger partial charge on any atom is -0.353 e. The van der Waals surface area contributed by atoms with Crippen LogP contribution in [0.15, 0.2) is 0 Å². The molecule has 2 rings (SSSR count). The topological polar surface area (TPSA) is 58.2 Å². The van der Waals surface area contributed by atoms with E-state index in [0.29, 0.717) is 18.4 Å². The van der Waals surface area contributed by atoms with Crippen molar-refractivity contribution in [2.24, 2.45) is 5.92 Å². The van der Waals surface area contributed by atoms with E-state index in [0.717, 1.165) is 30.9 Å². The molecule has 0 aromatic rings. The van der Waals surface area contributed by atoms with Crippen LogP contribution in [0.4, 0.5) is 0 Å². The van der Waals surface area contributed by atoms with Gasteiger partial charge in [-0.15, -0.1) is 0 Å². The molecule has 0 bridgehead atoms. The fourth-order valence-electron chi connectivity index (χ4n) is 2.81. The van der Waals surface area contributed by atoms with Crippen LogP contribution in [0, 0.1) is 5.92 Å². The molecule has 18 heavy (non-hydrogen) atoms. The van der Waals surface area contributed by atoms with Gasteiger partial charge >= 0.3 is 0 Å². The van der Waals surface area contributed by atoms with Crippen LogP contribution >= 0.6 is 0 Å². The number of amides is 1. The molecule has 0 radical (unpaired) electrons. The maximum Gasteiger partial charge on any atom is 0.221 e. The highest BCUT2D eigenvalue weighted by molar-refractivity contribution is 7.85. The second kappa shape index (κ2) is 6.66. The van der Waals surface area contributed by atoms with E-state index in [1.807, 2.05) is 0 Å². The van der Waals surface area contributed by atoms with Gasteiger partial charge in [0, 0.05) is 40.8 Å². The van der Waals surface area contributed by atoms with Gasteiger partial charge in [-0.05, 0) is 38.1 Å². The summed E-state index contributed by atoms with van der Waals surface area (Å²) < 4.78 is 11.2. The summed E-state index contributed by atoms with van der Waals surface area (Å²) in [4.78, 5) is 12.0. The molecule has 104 valence electrons. The molecule has 1 amide bonds. The molecule has 0 aliphatic carbocycles. The van der Waals surface area contributed by atoms with E-state index in [1.54, 1.807) is 0 Å². The Morgan fingerprint density at radius 3 is 2.72 bits per heavy atom. The first-order chi connectivity index (χ1) is 8.65. The molecule has 2 unspecified atom stereocenters. The summed E-state index contributed by atoms with van der Waals surface area (Å²) in [5, 5.41) is 6.53. The molecule has 2 atom stereocenters. The van der Waals surface area contributed by atoms with Gasteiger partial charge in [0.2, 0.25) is 5.91 Å². The maximum atomic E-state index is 12.0. The van der Waals surface area contributed by atoms with Gasteiger partial charge in [0.05, 0.1) is 0 Å². The van der Waals surface area contributed by atoms with E-state index in [1.165, 1.54) is 12.8 Å². The second-order valence-electron chi connectivity index (χ2n) is 5.57. The third-order valence-electron chi connectivity index (χ3n) is 4.09. The van der Waals surface area contributed by atoms with E-state index in [4.69, 9.17) is 0 Å². The summed E-state index contributed by atoms with van der Waals surface area (Å²) >= 11 is 0. The van der Waals surface area contributed by atoms with Crippen molar-refractivity contribution in [1.29, 1.82) is 0 Å². The van der Waals surface area contributed by atoms with Crippen molar-refractivity contribution in [3.63, 3.8) is 0 Å². The molecule has 2 fully saturated rings. The summed E-state index contributed by atoms with van der Waals surface area (Å²) in [6, 6.07) is 0.575. The van der Waals surface area contributed by atoms with E-state index >= 15 is 0 Å². The first-order valence-electron chi connectivity index (χ1n) is 7.03. The lowest BCUT2D eigenvalue weighted by molar-refractivity contribution is -0.122. The summed E-state index contributed by atoms with van der Waals surface area (Å²) in [6.45, 7) is 3.25. The largest absolute Gasteiger partial charge is 0.353 e. The monoisotopic (exact) mass is 272 g/mol. The van der Waals surface area contributed by atoms with Gasteiger partial charge in [-0.1, -0.05) is 6.92 Å². The first kappa shape index (κ1) is 14.0. The predicted molar refractivity (Wildman–Crippen MR) is 73.8 cm³/mol. The van der Waals surface area contributed by atoms with Gasteiger partial charge in [-0.2, -0.15) is 0 Å². The lowest BCUT2D eigenvalue weighted by Crippen LogP contribution is -2.46. The van der Waals surface area contributed by atoms with Gasteiger partial charge in [0.1, 0.15) is 0 Å². The molecule has 2 N–H and O–H groups in total. The van der Waals surface area contributed by atoms with Gasteiger partial charge in [0.25, 0.3) is 0 Å². The number of hydrogen-bond donors (Lipinski definition) is 2. The normalized spacial score (nSPS) is 37.2. The van der Waals surface area contributed by atoms with Gasteiger partial charge in [-0.3, -0.25) is 9.00 Å². The number of carbonyl (C=O) groups excluding carboxylic acids is 1. The summed E-state index contributed by atoms with van der Waals surface area (Å²) in [5.41, 5.74) is 0. The van der Waals surface area contributed by atoms with Gasteiger partial charge in [-0.25, -0.2) is 0 Å². The van der Waals surface area contributed by atoms with E-state index in [-0.39, 0.29) is 11.9 Å². The molecule has 2 aliphatic heterocycles. The highest BCUT2D eigenvalue weighted by atomic mass is 32.2. The molecule has 2 heterocycles. The summed E-state index contributed by atoms with van der Waals surface area (Å²) in [5.74, 6) is 2.22. The molecule has 2 aliphatic rings. The Bertz CT molecular complexity index is 312. The van der Waals surface area contributed by atoms with Crippen molar-refractivity contribution >= 4 is 16.7 Å². The Morgan fingerprint density at radius 2 is 2.06 bits per heavy atom. The molecule has 0 aromatic carbocycles. The SMILES string of the molecule is CC1CCCNC1CC(=O)NC1CCS(=O)CC1. The Morgan fingerprint density at radius 1 is 1.33 bits per heavy atom. The highest BCUT2D eigenvalue weighted by Gasteiger charge is 2.25. The van der Waals surface area contributed by atoms with Crippen LogP contribution in [-0.4, -0.2) is 40.3 Å². The fraction of sp³-hybridized carbons (Fsp3) is 0.923. The number of nitrogens with one attached hydrogen (secondary N) is 2. The van der Waals surface area contributed by atoms with Gasteiger partial charge in [0.15, 0.2) is 0 Å². The number of hydrogen-bond acceptors (Lipinski definition) is 3. The van der Waals surface area contributed by atoms with E-state index < -0.39 is 10.8 Å². The lowest BCUT2D eigenvalue weighted by Gasteiger charge is -2.30. The molecule has 5 heteroatoms. The van der Waals surface area contributed by atoms with Crippen molar-refractivity contribution in [2.75, 3.05) is 18.1 Å². The lowest BCUT2D eigenvalue weighted by atomic mass is 9.90. The third kappa shape index (κ3) is 4.05. The second-order valence-corrected chi connectivity index (χ2v) is 7.27. The average Bonchev–Trinajstić information content (AvgIpc) is 2.35. The first-order valence-corrected chi connectivity index (χ1v) is 8.51. The minimum absolute atomic E-state index is 0.152. The zero-order valence-electron chi connectivity index (χ0n) is 11.1. The van der Waals surface area contributed by atoms with Crippen LogP contribution < -0.4 is 10.6 Å². The molecule has 0 saturated carbocycles. The number of piperidine rings is 1. The van der Waals surface area contributed by atoms with Crippen LogP contribution in [0.1, 0.15) is 39.0 Å². The number of carbonyl (C=O) groups is 1. The molecule has 0 aromatic heterocycles. The highest BCUT2D eigenvalue weighted by Crippen LogP contribution is 2.18. The van der Waals surface area contributed by atoms with Crippen molar-refractivity contribution < 1.29 is 9.00 Å². The molecular formula is C13H24N2O2S. The standard InChI is InChI=1S/C13H24N2O2S/c1-10-3-2-6-14-12(10)9-13(16)15-11-4-7-18(17)8-5-11/h10-12,14H,2-9H2,1H3,(H,15,16). The van der Waals surface area contributed by atoms with Crippen LogP contribution in [-0.2, 0) is 15.6 Å². The zero-order valence-corrected chi connectivity index (χ0v) is 11.9. The van der Waals surface area contributed by atoms with Crippen LogP contribution in [0.2, 0.25) is 0 Å². The van der Waals surface area contributed by atoms with Crippen molar-refractivity contribution in [1.82, 2.24) is 10.6 Å². The Labute approximate surface area is 112 Å². The third-order valence-corrected chi connectivity index (χ3v) is 5.47. The van der Waals surface area contributed by atoms with E-state index in [2.05, 4.69) is 17.6 Å². The number of rotatable bonds is 3. The Kier molecular flexibility index (Phi) is 5.18. The van der Waals surface area contributed by atoms with Gasteiger partial charge < -0.3 is 10.6 Å². The molecule has 0 spiro atoms. The minimum atomic E-state index is -0.651. The van der Waals surface area contributed by atoms with Crippen molar-refractivity contribution in [2.45, 2.75) is 51.1 Å². The van der Waals surface area contributed by atoms with Crippen LogP contribution in [0.3, 0.4) is 0 Å². The Hall–Kier alpha value is -0.420. The van der Waals surface area contributed by atoms with E-state index in [9.17, 15) is 9.00 Å². The predicted octanol–water partition coefficient (Wildman–Crippen LogP) is 0.792. The summed E-state index contributed by atoms with van der Waals surface area (Å²) in [7, 11) is -0.651. The smallest absolute Gasteiger partial charge is 0.221 e. The summed E-state index contributed by atoms with van der Waals surface area (Å²) in [6.07, 6.45) is 4.75. The zero-order chi connectivity index (χ0) is 13.0. The molecule has 2 saturated heterocycles. The fourth-order valence-corrected chi connectivity index (χ4v) is 4.11. The van der Waals surface area contributed by atoms with Crippen molar-refractivity contribution in [3.8, 4) is 0 Å². The Balaban J connectivity index is 1.72. The molecular weight excluding hydrogens is 248 g/mol. The maximum absolute atomic E-state index is 12.0.